The van der Waals surface area contributed by atoms with Gasteiger partial charge in [-0.2, -0.15) is 0 Å². The number of hydrogen-bond donors (Lipinski definition) is 0. The van der Waals surface area contributed by atoms with Crippen LogP contribution < -0.4 is 4.74 Å². The van der Waals surface area contributed by atoms with E-state index in [1.807, 2.05) is 18.2 Å². The summed E-state index contributed by atoms with van der Waals surface area (Å²) in [6.07, 6.45) is 2.29. The van der Waals surface area contributed by atoms with E-state index in [4.69, 9.17) is 4.74 Å². The molecule has 2 rings (SSSR count). The molecule has 1 nitrogen and oxygen atoms in total. The highest BCUT2D eigenvalue weighted by molar-refractivity contribution is 9.10. The molecule has 1 atom stereocenters. The zero-order valence-corrected chi connectivity index (χ0v) is 13.0. The van der Waals surface area contributed by atoms with E-state index in [0.717, 1.165) is 23.1 Å². The quantitative estimate of drug-likeness (QED) is 0.740. The molecule has 19 heavy (non-hydrogen) atoms. The molecule has 0 fully saturated rings. The van der Waals surface area contributed by atoms with Crippen LogP contribution in [-0.4, -0.2) is 6.10 Å². The van der Waals surface area contributed by atoms with Gasteiger partial charge in [-0.1, -0.05) is 46.3 Å². The molecule has 0 aliphatic rings. The Kier molecular flexibility index (Phi) is 5.03. The van der Waals surface area contributed by atoms with Gasteiger partial charge in [-0.3, -0.25) is 0 Å². The van der Waals surface area contributed by atoms with Crippen LogP contribution in [-0.2, 0) is 6.42 Å². The molecule has 2 heteroatoms. The van der Waals surface area contributed by atoms with Crippen molar-refractivity contribution < 1.29 is 4.74 Å². The molecule has 1 unspecified atom stereocenters. The lowest BCUT2D eigenvalue weighted by Gasteiger charge is -2.16. The Morgan fingerprint density at radius 2 is 1.74 bits per heavy atom. The van der Waals surface area contributed by atoms with Gasteiger partial charge in [0.05, 0.1) is 6.10 Å². The summed E-state index contributed by atoms with van der Waals surface area (Å²) < 4.78 is 7.11. The van der Waals surface area contributed by atoms with Crippen LogP contribution in [0.5, 0.6) is 5.75 Å². The lowest BCUT2D eigenvalue weighted by atomic mass is 10.1. The molecule has 0 saturated heterocycles. The second kappa shape index (κ2) is 6.76. The topological polar surface area (TPSA) is 9.23 Å². The van der Waals surface area contributed by atoms with Crippen molar-refractivity contribution in [1.29, 1.82) is 0 Å². The number of ether oxygens (including phenoxy) is 1. The van der Waals surface area contributed by atoms with Crippen LogP contribution >= 0.6 is 15.9 Å². The zero-order chi connectivity index (χ0) is 13.7. The van der Waals surface area contributed by atoms with E-state index in [-0.39, 0.29) is 6.10 Å². The van der Waals surface area contributed by atoms with Crippen LogP contribution in [0.15, 0.2) is 53.0 Å². The smallest absolute Gasteiger partial charge is 0.122 e. The molecule has 0 heterocycles. The van der Waals surface area contributed by atoms with Crippen molar-refractivity contribution in [1.82, 2.24) is 0 Å². The lowest BCUT2D eigenvalue weighted by Crippen LogP contribution is -2.13. The largest absolute Gasteiger partial charge is 0.490 e. The van der Waals surface area contributed by atoms with Crippen LogP contribution in [0.3, 0.4) is 0 Å². The van der Waals surface area contributed by atoms with Crippen molar-refractivity contribution in [3.05, 3.63) is 64.1 Å². The maximum absolute atomic E-state index is 5.98. The normalized spacial score (nSPS) is 12.2. The fraction of sp³-hybridized carbons (Fsp3) is 0.294. The summed E-state index contributed by atoms with van der Waals surface area (Å²) in [5.74, 6) is 0.991. The summed E-state index contributed by atoms with van der Waals surface area (Å²) in [6.45, 7) is 4.21. The minimum Gasteiger partial charge on any atom is -0.490 e. The minimum absolute atomic E-state index is 0.227. The Hall–Kier alpha value is -1.28. The summed E-state index contributed by atoms with van der Waals surface area (Å²) in [4.78, 5) is 0. The standard InChI is InChI=1S/C17H19BrO/c1-13-5-3-4-6-17(13)19-14(2)7-8-15-9-11-16(18)12-10-15/h3-6,9-12,14H,7-8H2,1-2H3. The third-order valence-corrected chi connectivity index (χ3v) is 3.70. The first kappa shape index (κ1) is 14.1. The van der Waals surface area contributed by atoms with Crippen LogP contribution in [0.1, 0.15) is 24.5 Å². The van der Waals surface area contributed by atoms with Gasteiger partial charge in [0, 0.05) is 4.47 Å². The van der Waals surface area contributed by atoms with E-state index in [1.165, 1.54) is 11.1 Å². The van der Waals surface area contributed by atoms with Gasteiger partial charge >= 0.3 is 0 Å². The van der Waals surface area contributed by atoms with E-state index in [2.05, 4.69) is 60.1 Å². The molecule has 0 aliphatic heterocycles. The maximum atomic E-state index is 5.98. The molecular formula is C17H19BrO. The van der Waals surface area contributed by atoms with Crippen LogP contribution in [0.25, 0.3) is 0 Å². The highest BCUT2D eigenvalue weighted by atomic mass is 79.9. The first-order valence-corrected chi connectivity index (χ1v) is 7.41. The number of benzene rings is 2. The van der Waals surface area contributed by atoms with E-state index >= 15 is 0 Å². The Labute approximate surface area is 123 Å². The minimum atomic E-state index is 0.227. The first-order chi connectivity index (χ1) is 9.15. The highest BCUT2D eigenvalue weighted by Crippen LogP contribution is 2.19. The predicted molar refractivity (Wildman–Crippen MR) is 83.7 cm³/mol. The van der Waals surface area contributed by atoms with E-state index in [0.29, 0.717) is 0 Å². The molecule has 2 aromatic rings. The van der Waals surface area contributed by atoms with E-state index in [1.54, 1.807) is 0 Å². The van der Waals surface area contributed by atoms with Gasteiger partial charge < -0.3 is 4.74 Å². The molecule has 0 N–H and O–H groups in total. The van der Waals surface area contributed by atoms with Gasteiger partial charge in [0.15, 0.2) is 0 Å². The number of halogens is 1. The van der Waals surface area contributed by atoms with Crippen LogP contribution in [0.4, 0.5) is 0 Å². The number of hydrogen-bond acceptors (Lipinski definition) is 1. The summed E-state index contributed by atoms with van der Waals surface area (Å²) in [5, 5.41) is 0. The number of aryl methyl sites for hydroxylation is 2. The molecular weight excluding hydrogens is 300 g/mol. The lowest BCUT2D eigenvalue weighted by molar-refractivity contribution is 0.210. The first-order valence-electron chi connectivity index (χ1n) is 6.62. The van der Waals surface area contributed by atoms with Gasteiger partial charge in [-0.15, -0.1) is 0 Å². The summed E-state index contributed by atoms with van der Waals surface area (Å²) in [5.41, 5.74) is 2.54. The van der Waals surface area contributed by atoms with Crippen LogP contribution in [0.2, 0.25) is 0 Å². The van der Waals surface area contributed by atoms with Gasteiger partial charge in [-0.05, 0) is 56.0 Å². The molecule has 0 saturated carbocycles. The Balaban J connectivity index is 1.86. The molecule has 0 bridgehead atoms. The SMILES string of the molecule is Cc1ccccc1OC(C)CCc1ccc(Br)cc1. The Morgan fingerprint density at radius 1 is 1.05 bits per heavy atom. The average Bonchev–Trinajstić information content (AvgIpc) is 2.41. The van der Waals surface area contributed by atoms with E-state index in [9.17, 15) is 0 Å². The maximum Gasteiger partial charge on any atom is 0.122 e. The van der Waals surface area contributed by atoms with Crippen molar-refractivity contribution in [3.63, 3.8) is 0 Å². The second-order valence-corrected chi connectivity index (χ2v) is 5.77. The molecule has 100 valence electrons. The van der Waals surface area contributed by atoms with Gasteiger partial charge in [0.25, 0.3) is 0 Å². The summed E-state index contributed by atoms with van der Waals surface area (Å²) in [6, 6.07) is 16.7. The molecule has 2 aromatic carbocycles. The van der Waals surface area contributed by atoms with Crippen molar-refractivity contribution in [3.8, 4) is 5.75 Å². The van der Waals surface area contributed by atoms with Crippen LogP contribution in [0, 0.1) is 6.92 Å². The molecule has 0 aromatic heterocycles. The average molecular weight is 319 g/mol. The Morgan fingerprint density at radius 3 is 2.42 bits per heavy atom. The third kappa shape index (κ3) is 4.39. The molecule has 0 amide bonds. The van der Waals surface area contributed by atoms with E-state index < -0.39 is 0 Å². The van der Waals surface area contributed by atoms with Crippen molar-refractivity contribution >= 4 is 15.9 Å². The molecule has 0 aliphatic carbocycles. The van der Waals surface area contributed by atoms with Crippen molar-refractivity contribution in [2.75, 3.05) is 0 Å². The monoisotopic (exact) mass is 318 g/mol. The van der Waals surface area contributed by atoms with Gasteiger partial charge in [0.2, 0.25) is 0 Å². The predicted octanol–water partition coefficient (Wildman–Crippen LogP) is 5.16. The van der Waals surface area contributed by atoms with Crippen molar-refractivity contribution in [2.24, 2.45) is 0 Å². The Bertz CT molecular complexity index is 519. The summed E-state index contributed by atoms with van der Waals surface area (Å²) >= 11 is 3.45. The van der Waals surface area contributed by atoms with Gasteiger partial charge in [-0.25, -0.2) is 0 Å². The number of para-hydroxylation sites is 1. The highest BCUT2D eigenvalue weighted by Gasteiger charge is 2.06. The fourth-order valence-electron chi connectivity index (χ4n) is 1.99. The third-order valence-electron chi connectivity index (χ3n) is 3.17. The fourth-order valence-corrected chi connectivity index (χ4v) is 2.25. The summed E-state index contributed by atoms with van der Waals surface area (Å²) in [7, 11) is 0. The number of rotatable bonds is 5. The van der Waals surface area contributed by atoms with Gasteiger partial charge in [0.1, 0.15) is 5.75 Å². The molecule has 0 spiro atoms. The van der Waals surface area contributed by atoms with Crippen molar-refractivity contribution in [2.45, 2.75) is 32.8 Å². The molecule has 0 radical (unpaired) electrons. The second-order valence-electron chi connectivity index (χ2n) is 4.86. The zero-order valence-electron chi connectivity index (χ0n) is 11.4.